The highest BCUT2D eigenvalue weighted by atomic mass is 16.5. The largest absolute Gasteiger partial charge is 0.383 e. The summed E-state index contributed by atoms with van der Waals surface area (Å²) < 4.78 is 11.1. The topological polar surface area (TPSA) is 74.4 Å². The molecule has 8 heteroatoms. The molecule has 1 fully saturated rings. The van der Waals surface area contributed by atoms with Crippen LogP contribution >= 0.6 is 0 Å². The van der Waals surface area contributed by atoms with E-state index in [-0.39, 0.29) is 12.8 Å². The summed E-state index contributed by atoms with van der Waals surface area (Å²) in [5.41, 5.74) is 5.43. The van der Waals surface area contributed by atoms with Crippen molar-refractivity contribution in [2.24, 2.45) is 0 Å². The second-order valence-electron chi connectivity index (χ2n) is 13.6. The number of ether oxygens (including phenoxy) is 2. The quantitative estimate of drug-likeness (QED) is 0.0738. The molecule has 1 aliphatic heterocycles. The number of aldehydes is 2. The maximum absolute atomic E-state index is 11.7. The van der Waals surface area contributed by atoms with E-state index in [0.717, 1.165) is 67.4 Å². The normalized spacial score (nSPS) is 13.9. The van der Waals surface area contributed by atoms with Crippen molar-refractivity contribution in [1.82, 2.24) is 10.2 Å². The summed E-state index contributed by atoms with van der Waals surface area (Å²) in [6.07, 6.45) is 14.0. The predicted molar refractivity (Wildman–Crippen MR) is 218 cm³/mol. The van der Waals surface area contributed by atoms with Gasteiger partial charge >= 0.3 is 0 Å². The predicted octanol–water partition coefficient (Wildman–Crippen LogP) is 9.19. The van der Waals surface area contributed by atoms with Gasteiger partial charge in [0.15, 0.2) is 0 Å². The first kappa shape index (κ1) is 46.0. The lowest BCUT2D eigenvalue weighted by Crippen LogP contribution is -2.43. The number of hydrogen-bond acceptors (Lipinski definition) is 8. The second-order valence-corrected chi connectivity index (χ2v) is 13.6. The standard InChI is InChI=1S/C33H49N3O4.C6H13N.C4H10/c1-7-9-10-17-34-33(40-6)24-35(18-20-37)30-14-11-13-29(23-30)27(4)36(19-21-39-5)32-22-28(25-38)15-16-31(32)26(3)12-8-2;1-7-5-3-2-4-6-7;1-3-4-2/h11,13-16,20,22-23,25-26,33-34H,4,7-10,12,17-19,21,24H2,1-3,5-6H3;2-6H2,1H3;3-4H2,1-2H3. The lowest BCUT2D eigenvalue weighted by atomic mass is 9.93. The van der Waals surface area contributed by atoms with Gasteiger partial charge in [-0.1, -0.05) is 104 Å². The molecule has 1 N–H and O–H groups in total. The molecule has 0 radical (unpaired) electrons. The van der Waals surface area contributed by atoms with Crippen molar-refractivity contribution in [2.45, 2.75) is 111 Å². The van der Waals surface area contributed by atoms with Gasteiger partial charge in [0.2, 0.25) is 0 Å². The van der Waals surface area contributed by atoms with Gasteiger partial charge in [-0.05, 0) is 87.6 Å². The SMILES string of the molecule is C=C(c1cccc(N(CC=O)CC(NCCCCC)OC)c1)N(CCOC)c1cc(C=O)ccc1C(C)CCC.CCCC.CN1CCCCC1. The summed E-state index contributed by atoms with van der Waals surface area (Å²) in [5.74, 6) is 0.323. The fourth-order valence-corrected chi connectivity index (χ4v) is 5.98. The molecular formula is C43H72N4O4. The van der Waals surface area contributed by atoms with Crippen molar-refractivity contribution in [1.29, 1.82) is 0 Å². The van der Waals surface area contributed by atoms with Crippen LogP contribution in [-0.2, 0) is 14.3 Å². The van der Waals surface area contributed by atoms with Crippen LogP contribution in [0, 0.1) is 0 Å². The molecule has 0 saturated carbocycles. The van der Waals surface area contributed by atoms with Gasteiger partial charge in [0.25, 0.3) is 0 Å². The van der Waals surface area contributed by atoms with Crippen molar-refractivity contribution < 1.29 is 19.1 Å². The van der Waals surface area contributed by atoms with E-state index in [4.69, 9.17) is 9.47 Å². The zero-order chi connectivity index (χ0) is 37.9. The molecule has 0 amide bonds. The van der Waals surface area contributed by atoms with Crippen LogP contribution in [0.2, 0.25) is 0 Å². The van der Waals surface area contributed by atoms with Gasteiger partial charge < -0.3 is 29.0 Å². The molecule has 2 atom stereocenters. The Hall–Kier alpha value is -3.04. The molecule has 1 heterocycles. The molecule has 0 spiro atoms. The first-order valence-electron chi connectivity index (χ1n) is 19.5. The Morgan fingerprint density at radius 1 is 0.961 bits per heavy atom. The highest BCUT2D eigenvalue weighted by Gasteiger charge is 2.21. The number of hydrogen-bond donors (Lipinski definition) is 1. The third-order valence-corrected chi connectivity index (χ3v) is 9.32. The van der Waals surface area contributed by atoms with E-state index in [1.165, 1.54) is 57.2 Å². The Morgan fingerprint density at radius 2 is 1.69 bits per heavy atom. The van der Waals surface area contributed by atoms with Crippen molar-refractivity contribution in [2.75, 3.05) is 76.9 Å². The van der Waals surface area contributed by atoms with Crippen LogP contribution in [0.5, 0.6) is 0 Å². The lowest BCUT2D eigenvalue weighted by Gasteiger charge is -2.32. The first-order chi connectivity index (χ1) is 24.7. The molecule has 0 aliphatic carbocycles. The van der Waals surface area contributed by atoms with Gasteiger partial charge in [-0.2, -0.15) is 0 Å². The summed E-state index contributed by atoms with van der Waals surface area (Å²) in [6.45, 7) is 20.8. The fraction of sp³-hybridized carbons (Fsp3) is 0.628. The molecular weight excluding hydrogens is 636 g/mol. The van der Waals surface area contributed by atoms with Crippen molar-refractivity contribution in [3.8, 4) is 0 Å². The Kier molecular flexibility index (Phi) is 25.7. The molecule has 3 rings (SSSR count). The average Bonchev–Trinajstić information content (AvgIpc) is 3.16. The van der Waals surface area contributed by atoms with Crippen molar-refractivity contribution in [3.05, 3.63) is 65.7 Å². The maximum Gasteiger partial charge on any atom is 0.150 e. The Morgan fingerprint density at radius 3 is 2.24 bits per heavy atom. The minimum atomic E-state index is -0.199. The molecule has 8 nitrogen and oxygen atoms in total. The smallest absolute Gasteiger partial charge is 0.150 e. The first-order valence-corrected chi connectivity index (χ1v) is 19.5. The van der Waals surface area contributed by atoms with Gasteiger partial charge in [-0.3, -0.25) is 10.1 Å². The number of carbonyl (C=O) groups is 2. The summed E-state index contributed by atoms with van der Waals surface area (Å²) in [4.78, 5) is 29.9. The number of anilines is 2. The second kappa shape index (κ2) is 28.5. The van der Waals surface area contributed by atoms with E-state index in [1.807, 2.05) is 35.2 Å². The summed E-state index contributed by atoms with van der Waals surface area (Å²) in [6, 6.07) is 14.0. The highest BCUT2D eigenvalue weighted by Crippen LogP contribution is 2.36. The van der Waals surface area contributed by atoms with Crippen LogP contribution in [0.15, 0.2) is 49.0 Å². The maximum atomic E-state index is 11.7. The third-order valence-electron chi connectivity index (χ3n) is 9.32. The number of likely N-dealkylation sites (tertiary alicyclic amines) is 1. The Bertz CT molecular complexity index is 1210. The van der Waals surface area contributed by atoms with E-state index in [1.54, 1.807) is 14.2 Å². The zero-order valence-electron chi connectivity index (χ0n) is 33.6. The monoisotopic (exact) mass is 709 g/mol. The highest BCUT2D eigenvalue weighted by molar-refractivity contribution is 5.85. The minimum Gasteiger partial charge on any atom is -0.383 e. The van der Waals surface area contributed by atoms with Crippen molar-refractivity contribution in [3.63, 3.8) is 0 Å². The van der Waals surface area contributed by atoms with Gasteiger partial charge in [0, 0.05) is 43.4 Å². The van der Waals surface area contributed by atoms with Crippen LogP contribution < -0.4 is 15.1 Å². The van der Waals surface area contributed by atoms with E-state index in [0.29, 0.717) is 31.2 Å². The minimum absolute atomic E-state index is 0.199. The fourth-order valence-electron chi connectivity index (χ4n) is 5.98. The van der Waals surface area contributed by atoms with E-state index in [9.17, 15) is 9.59 Å². The van der Waals surface area contributed by atoms with Crippen LogP contribution in [0.3, 0.4) is 0 Å². The van der Waals surface area contributed by atoms with Gasteiger partial charge in [0.05, 0.1) is 19.7 Å². The molecule has 2 unspecified atom stereocenters. The lowest BCUT2D eigenvalue weighted by molar-refractivity contribution is -0.106. The number of nitrogens with zero attached hydrogens (tertiary/aromatic N) is 3. The number of carbonyl (C=O) groups excluding carboxylic acids is 2. The molecule has 1 aliphatic rings. The van der Waals surface area contributed by atoms with E-state index in [2.05, 4.69) is 75.5 Å². The Labute approximate surface area is 311 Å². The number of rotatable bonds is 22. The number of benzene rings is 2. The number of piperidine rings is 1. The number of methoxy groups -OCH3 is 2. The molecule has 2 aromatic rings. The number of nitrogens with one attached hydrogen (secondary N) is 1. The average molecular weight is 709 g/mol. The van der Waals surface area contributed by atoms with Crippen LogP contribution in [0.4, 0.5) is 11.4 Å². The summed E-state index contributed by atoms with van der Waals surface area (Å²) in [7, 11) is 5.57. The molecule has 51 heavy (non-hydrogen) atoms. The van der Waals surface area contributed by atoms with Gasteiger partial charge in [-0.25, -0.2) is 0 Å². The number of unbranched alkanes of at least 4 members (excludes halogenated alkanes) is 3. The van der Waals surface area contributed by atoms with Crippen LogP contribution in [0.25, 0.3) is 5.70 Å². The zero-order valence-corrected chi connectivity index (χ0v) is 33.6. The van der Waals surface area contributed by atoms with Gasteiger partial charge in [0.1, 0.15) is 18.8 Å². The molecule has 0 aromatic heterocycles. The molecule has 2 aromatic carbocycles. The summed E-state index contributed by atoms with van der Waals surface area (Å²) >= 11 is 0. The van der Waals surface area contributed by atoms with E-state index >= 15 is 0 Å². The molecule has 288 valence electrons. The van der Waals surface area contributed by atoms with Crippen LogP contribution in [-0.4, -0.2) is 90.8 Å². The van der Waals surface area contributed by atoms with E-state index < -0.39 is 0 Å². The third kappa shape index (κ3) is 17.8. The summed E-state index contributed by atoms with van der Waals surface area (Å²) in [5, 5.41) is 3.45. The van der Waals surface area contributed by atoms with Crippen molar-refractivity contribution >= 4 is 29.6 Å². The molecule has 1 saturated heterocycles. The van der Waals surface area contributed by atoms with Crippen LogP contribution in [0.1, 0.15) is 126 Å². The Balaban J connectivity index is 0.00000101. The van der Waals surface area contributed by atoms with Gasteiger partial charge in [-0.15, -0.1) is 0 Å². The molecule has 0 bridgehead atoms.